The number of nitrogens with one attached hydrogen (secondary N) is 1. The number of hydrogen-bond donors (Lipinski definition) is 1. The van der Waals surface area contributed by atoms with Crippen LogP contribution in [0.4, 0.5) is 13.2 Å². The molecule has 0 aliphatic heterocycles. The Labute approximate surface area is 156 Å². The summed E-state index contributed by atoms with van der Waals surface area (Å²) < 4.78 is 44.1. The SMILES string of the molecule is Cc1cc(OCC(=O)NN=Cc2ccccc2C(F)(F)F)ccc1C(C)C. The van der Waals surface area contributed by atoms with Gasteiger partial charge >= 0.3 is 6.18 Å². The number of amides is 1. The van der Waals surface area contributed by atoms with Crippen molar-refractivity contribution >= 4 is 12.1 Å². The molecule has 0 atom stereocenters. The third-order valence-corrected chi connectivity index (χ3v) is 3.89. The third-order valence-electron chi connectivity index (χ3n) is 3.89. The predicted octanol–water partition coefficient (Wildman–Crippen LogP) is 4.67. The summed E-state index contributed by atoms with van der Waals surface area (Å²) in [4.78, 5) is 11.8. The molecule has 0 unspecified atom stereocenters. The van der Waals surface area contributed by atoms with Crippen LogP contribution in [0, 0.1) is 6.92 Å². The number of benzene rings is 2. The largest absolute Gasteiger partial charge is 0.484 e. The number of nitrogens with zero attached hydrogens (tertiary/aromatic N) is 1. The van der Waals surface area contributed by atoms with Gasteiger partial charge in [0.25, 0.3) is 5.91 Å². The Balaban J connectivity index is 1.92. The molecule has 0 heterocycles. The zero-order valence-electron chi connectivity index (χ0n) is 15.3. The van der Waals surface area contributed by atoms with Crippen LogP contribution in [0.15, 0.2) is 47.6 Å². The van der Waals surface area contributed by atoms with E-state index in [1.165, 1.54) is 23.8 Å². The summed E-state index contributed by atoms with van der Waals surface area (Å²) in [5.74, 6) is 0.357. The van der Waals surface area contributed by atoms with Crippen LogP contribution < -0.4 is 10.2 Å². The first kappa shape index (κ1) is 20.5. The number of aryl methyl sites for hydroxylation is 1. The van der Waals surface area contributed by atoms with Crippen molar-refractivity contribution in [1.82, 2.24) is 5.43 Å². The molecule has 0 aliphatic carbocycles. The van der Waals surface area contributed by atoms with Crippen LogP contribution in [0.2, 0.25) is 0 Å². The van der Waals surface area contributed by atoms with Gasteiger partial charge in [0.05, 0.1) is 11.8 Å². The van der Waals surface area contributed by atoms with Gasteiger partial charge in [0.15, 0.2) is 6.61 Å². The molecule has 0 spiro atoms. The lowest BCUT2D eigenvalue weighted by Gasteiger charge is -2.12. The number of hydrazone groups is 1. The fourth-order valence-electron chi connectivity index (χ4n) is 2.61. The van der Waals surface area contributed by atoms with Gasteiger partial charge in [-0.1, -0.05) is 38.1 Å². The predicted molar refractivity (Wildman–Crippen MR) is 97.9 cm³/mol. The van der Waals surface area contributed by atoms with E-state index in [9.17, 15) is 18.0 Å². The minimum atomic E-state index is -4.49. The van der Waals surface area contributed by atoms with E-state index < -0.39 is 17.6 Å². The lowest BCUT2D eigenvalue weighted by molar-refractivity contribution is -0.137. The lowest BCUT2D eigenvalue weighted by atomic mass is 9.98. The summed E-state index contributed by atoms with van der Waals surface area (Å²) in [6.45, 7) is 5.85. The molecular formula is C20H21F3N2O2. The van der Waals surface area contributed by atoms with Gasteiger partial charge in [-0.3, -0.25) is 4.79 Å². The van der Waals surface area contributed by atoms with Crippen LogP contribution in [-0.4, -0.2) is 18.7 Å². The number of carbonyl (C=O) groups is 1. The molecule has 0 fully saturated rings. The summed E-state index contributed by atoms with van der Waals surface area (Å²) >= 11 is 0. The standard InChI is InChI=1S/C20H21F3N2O2/c1-13(2)17-9-8-16(10-14(17)3)27-12-19(26)25-24-11-15-6-4-5-7-18(15)20(21,22)23/h4-11,13H,12H2,1-3H3,(H,25,26). The Bertz CT molecular complexity index is 830. The number of alkyl halides is 3. The Morgan fingerprint density at radius 3 is 2.56 bits per heavy atom. The zero-order valence-corrected chi connectivity index (χ0v) is 15.3. The molecular weight excluding hydrogens is 357 g/mol. The van der Waals surface area contributed by atoms with Crippen molar-refractivity contribution in [2.45, 2.75) is 32.9 Å². The Morgan fingerprint density at radius 2 is 1.93 bits per heavy atom. The molecule has 0 saturated carbocycles. The number of hydrogen-bond acceptors (Lipinski definition) is 3. The van der Waals surface area contributed by atoms with Gasteiger partial charge in [0.1, 0.15) is 5.75 Å². The molecule has 2 aromatic rings. The number of rotatable bonds is 6. The second-order valence-electron chi connectivity index (χ2n) is 6.34. The average Bonchev–Trinajstić information content (AvgIpc) is 2.59. The van der Waals surface area contributed by atoms with E-state index in [0.717, 1.165) is 17.8 Å². The topological polar surface area (TPSA) is 50.7 Å². The quantitative estimate of drug-likeness (QED) is 0.587. The Hall–Kier alpha value is -2.83. The zero-order chi connectivity index (χ0) is 20.0. The van der Waals surface area contributed by atoms with Crippen LogP contribution in [0.3, 0.4) is 0 Å². The van der Waals surface area contributed by atoms with E-state index in [1.807, 2.05) is 19.1 Å². The molecule has 1 N–H and O–H groups in total. The van der Waals surface area contributed by atoms with Gasteiger partial charge in [-0.05, 0) is 42.2 Å². The molecule has 144 valence electrons. The number of carbonyl (C=O) groups excluding carboxylic acids is 1. The molecule has 2 aromatic carbocycles. The summed E-state index contributed by atoms with van der Waals surface area (Å²) in [6, 6.07) is 10.5. The summed E-state index contributed by atoms with van der Waals surface area (Å²) in [5.41, 5.74) is 3.46. The lowest BCUT2D eigenvalue weighted by Crippen LogP contribution is -2.24. The molecule has 0 aromatic heterocycles. The Kier molecular flexibility index (Phi) is 6.60. The van der Waals surface area contributed by atoms with Crippen molar-refractivity contribution in [3.05, 3.63) is 64.7 Å². The highest BCUT2D eigenvalue weighted by atomic mass is 19.4. The normalized spacial score (nSPS) is 11.8. The second-order valence-corrected chi connectivity index (χ2v) is 6.34. The summed E-state index contributed by atoms with van der Waals surface area (Å²) in [6.07, 6.45) is -3.53. The second kappa shape index (κ2) is 8.70. The van der Waals surface area contributed by atoms with Crippen molar-refractivity contribution in [2.24, 2.45) is 5.10 Å². The van der Waals surface area contributed by atoms with Crippen molar-refractivity contribution in [3.63, 3.8) is 0 Å². The van der Waals surface area contributed by atoms with Gasteiger partial charge in [-0.2, -0.15) is 18.3 Å². The average molecular weight is 378 g/mol. The van der Waals surface area contributed by atoms with Gasteiger partial charge in [-0.15, -0.1) is 0 Å². The van der Waals surface area contributed by atoms with Crippen LogP contribution >= 0.6 is 0 Å². The maximum Gasteiger partial charge on any atom is 0.417 e. The first-order chi connectivity index (χ1) is 12.7. The van der Waals surface area contributed by atoms with Crippen molar-refractivity contribution < 1.29 is 22.7 Å². The van der Waals surface area contributed by atoms with E-state index in [1.54, 1.807) is 6.07 Å². The molecule has 0 radical (unpaired) electrons. The smallest absolute Gasteiger partial charge is 0.417 e. The molecule has 2 rings (SSSR count). The molecule has 0 bridgehead atoms. The number of halogens is 3. The van der Waals surface area contributed by atoms with Gasteiger partial charge in [0.2, 0.25) is 0 Å². The van der Waals surface area contributed by atoms with Crippen LogP contribution in [-0.2, 0) is 11.0 Å². The molecule has 7 heteroatoms. The minimum Gasteiger partial charge on any atom is -0.484 e. The monoisotopic (exact) mass is 378 g/mol. The molecule has 1 amide bonds. The minimum absolute atomic E-state index is 0.133. The van der Waals surface area contributed by atoms with Crippen molar-refractivity contribution in [1.29, 1.82) is 0 Å². The first-order valence-electron chi connectivity index (χ1n) is 8.40. The maximum atomic E-state index is 12.9. The Morgan fingerprint density at radius 1 is 1.22 bits per heavy atom. The summed E-state index contributed by atoms with van der Waals surface area (Å²) in [7, 11) is 0. The highest BCUT2D eigenvalue weighted by Gasteiger charge is 2.32. The van der Waals surface area contributed by atoms with E-state index in [2.05, 4.69) is 24.4 Å². The van der Waals surface area contributed by atoms with Crippen molar-refractivity contribution in [3.8, 4) is 5.75 Å². The molecule has 27 heavy (non-hydrogen) atoms. The van der Waals surface area contributed by atoms with Crippen LogP contribution in [0.1, 0.15) is 42.0 Å². The van der Waals surface area contributed by atoms with Gasteiger partial charge in [0, 0.05) is 5.56 Å². The highest BCUT2D eigenvalue weighted by Crippen LogP contribution is 2.31. The van der Waals surface area contributed by atoms with Gasteiger partial charge in [-0.25, -0.2) is 5.43 Å². The third kappa shape index (κ3) is 5.84. The highest BCUT2D eigenvalue weighted by molar-refractivity contribution is 5.84. The first-order valence-corrected chi connectivity index (χ1v) is 8.40. The number of ether oxygens (including phenoxy) is 1. The van der Waals surface area contributed by atoms with E-state index >= 15 is 0 Å². The van der Waals surface area contributed by atoms with E-state index in [0.29, 0.717) is 11.7 Å². The van der Waals surface area contributed by atoms with E-state index in [-0.39, 0.29) is 12.2 Å². The fraction of sp³-hybridized carbons (Fsp3) is 0.300. The van der Waals surface area contributed by atoms with E-state index in [4.69, 9.17) is 4.74 Å². The molecule has 0 saturated heterocycles. The summed E-state index contributed by atoms with van der Waals surface area (Å²) in [5, 5.41) is 3.58. The van der Waals surface area contributed by atoms with Crippen LogP contribution in [0.5, 0.6) is 5.75 Å². The van der Waals surface area contributed by atoms with Crippen molar-refractivity contribution in [2.75, 3.05) is 6.61 Å². The fourth-order valence-corrected chi connectivity index (χ4v) is 2.61. The maximum absolute atomic E-state index is 12.9. The van der Waals surface area contributed by atoms with Gasteiger partial charge < -0.3 is 4.74 Å². The molecule has 4 nitrogen and oxygen atoms in total. The molecule has 0 aliphatic rings. The van der Waals surface area contributed by atoms with Crippen LogP contribution in [0.25, 0.3) is 0 Å².